The van der Waals surface area contributed by atoms with Crippen molar-refractivity contribution >= 4 is 49.4 Å². The SMILES string of the molecule is CC1(C)[C@H](C(=O)OCc2cccc(Oc3ccccc3)c2)[C@@H]1C(Br)C(F)(Cl)Br. The van der Waals surface area contributed by atoms with E-state index in [2.05, 4.69) is 31.9 Å². The molecular weight excluding hydrogens is 514 g/mol. The van der Waals surface area contributed by atoms with Crippen LogP contribution >= 0.6 is 43.5 Å². The zero-order valence-corrected chi connectivity index (χ0v) is 19.3. The Labute approximate surface area is 185 Å². The van der Waals surface area contributed by atoms with Crippen LogP contribution < -0.4 is 4.74 Å². The van der Waals surface area contributed by atoms with E-state index in [1.165, 1.54) is 0 Å². The van der Waals surface area contributed by atoms with Gasteiger partial charge in [0.05, 0.1) is 10.7 Å². The molecule has 1 saturated carbocycles. The molecule has 0 amide bonds. The summed E-state index contributed by atoms with van der Waals surface area (Å²) >= 11 is 11.8. The van der Waals surface area contributed by atoms with Crippen LogP contribution in [-0.2, 0) is 16.1 Å². The minimum Gasteiger partial charge on any atom is -0.461 e. The maximum atomic E-state index is 14.0. The van der Waals surface area contributed by atoms with Gasteiger partial charge in [-0.3, -0.25) is 4.79 Å². The molecule has 1 fully saturated rings. The van der Waals surface area contributed by atoms with Gasteiger partial charge in [-0.05, 0) is 57.1 Å². The molecule has 0 radical (unpaired) electrons. The molecule has 0 heterocycles. The van der Waals surface area contributed by atoms with Gasteiger partial charge in [-0.1, -0.05) is 71.7 Å². The Balaban J connectivity index is 1.60. The molecule has 4 atom stereocenters. The summed E-state index contributed by atoms with van der Waals surface area (Å²) < 4.78 is 23.2. The molecule has 28 heavy (non-hydrogen) atoms. The highest BCUT2D eigenvalue weighted by atomic mass is 79.9. The Morgan fingerprint density at radius 1 is 1.21 bits per heavy atom. The summed E-state index contributed by atoms with van der Waals surface area (Å²) in [6, 6.07) is 16.8. The number of hydrogen-bond donors (Lipinski definition) is 0. The van der Waals surface area contributed by atoms with E-state index in [1.807, 2.05) is 68.4 Å². The number of carbonyl (C=O) groups is 1. The lowest BCUT2D eigenvalue weighted by Crippen LogP contribution is -2.24. The van der Waals surface area contributed by atoms with Crippen LogP contribution in [0.5, 0.6) is 11.5 Å². The zero-order valence-electron chi connectivity index (χ0n) is 15.4. The van der Waals surface area contributed by atoms with Crippen LogP contribution in [0, 0.1) is 17.3 Å². The number of hydrogen-bond acceptors (Lipinski definition) is 3. The molecule has 3 nitrogen and oxygen atoms in total. The van der Waals surface area contributed by atoms with E-state index in [1.54, 1.807) is 0 Å². The Morgan fingerprint density at radius 3 is 2.50 bits per heavy atom. The van der Waals surface area contributed by atoms with E-state index in [4.69, 9.17) is 21.1 Å². The van der Waals surface area contributed by atoms with Gasteiger partial charge in [0.15, 0.2) is 0 Å². The Bertz CT molecular complexity index is 839. The maximum absolute atomic E-state index is 14.0. The number of rotatable bonds is 7. The maximum Gasteiger partial charge on any atom is 0.310 e. The van der Waals surface area contributed by atoms with Crippen molar-refractivity contribution in [2.24, 2.45) is 17.3 Å². The summed E-state index contributed by atoms with van der Waals surface area (Å²) in [6.07, 6.45) is 0. The highest BCUT2D eigenvalue weighted by Gasteiger charge is 2.68. The number of alkyl halides is 4. The van der Waals surface area contributed by atoms with Crippen LogP contribution in [0.15, 0.2) is 54.6 Å². The van der Waals surface area contributed by atoms with Crippen LogP contribution in [0.1, 0.15) is 19.4 Å². The molecule has 3 rings (SSSR count). The van der Waals surface area contributed by atoms with Gasteiger partial charge in [0.2, 0.25) is 4.04 Å². The Hall–Kier alpha value is -1.11. The van der Waals surface area contributed by atoms with Crippen molar-refractivity contribution in [1.29, 1.82) is 0 Å². The number of carbonyl (C=O) groups excluding carboxylic acids is 1. The first-order valence-corrected chi connectivity index (χ1v) is 10.9. The van der Waals surface area contributed by atoms with Gasteiger partial charge in [0, 0.05) is 0 Å². The van der Waals surface area contributed by atoms with Crippen LogP contribution in [-0.4, -0.2) is 14.8 Å². The summed E-state index contributed by atoms with van der Waals surface area (Å²) in [5.74, 6) is 0.339. The standard InChI is InChI=1S/C21H20Br2ClFO3/c1-20(2)16(18(22)21(23,24)25)17(20)19(26)27-12-13-7-6-10-15(11-13)28-14-8-4-3-5-9-14/h3-11,16-18H,12H2,1-2H3/t16-,17+,18?,21?/m1/s1. The predicted octanol–water partition coefficient (Wildman–Crippen LogP) is 6.81. The second-order valence-corrected chi connectivity index (χ2v) is 10.6. The van der Waals surface area contributed by atoms with Crippen molar-refractivity contribution in [3.63, 3.8) is 0 Å². The molecule has 150 valence electrons. The van der Waals surface area contributed by atoms with Crippen molar-refractivity contribution in [1.82, 2.24) is 0 Å². The second-order valence-electron chi connectivity index (χ2n) is 7.44. The predicted molar refractivity (Wildman–Crippen MR) is 115 cm³/mol. The monoisotopic (exact) mass is 532 g/mol. The highest BCUT2D eigenvalue weighted by molar-refractivity contribution is 9.13. The van der Waals surface area contributed by atoms with Crippen molar-refractivity contribution < 1.29 is 18.7 Å². The fourth-order valence-electron chi connectivity index (χ4n) is 3.45. The average Bonchev–Trinajstić information content (AvgIpc) is 3.21. The van der Waals surface area contributed by atoms with Gasteiger partial charge in [-0.15, -0.1) is 0 Å². The van der Waals surface area contributed by atoms with Crippen LogP contribution in [0.3, 0.4) is 0 Å². The smallest absolute Gasteiger partial charge is 0.310 e. The van der Waals surface area contributed by atoms with E-state index < -0.39 is 20.2 Å². The minimum absolute atomic E-state index is 0.118. The van der Waals surface area contributed by atoms with E-state index in [0.717, 1.165) is 11.3 Å². The van der Waals surface area contributed by atoms with Gasteiger partial charge in [-0.2, -0.15) is 0 Å². The van der Waals surface area contributed by atoms with Crippen LogP contribution in [0.4, 0.5) is 4.39 Å². The average molecular weight is 535 g/mol. The largest absolute Gasteiger partial charge is 0.461 e. The number of esters is 1. The topological polar surface area (TPSA) is 35.5 Å². The second kappa shape index (κ2) is 8.33. The van der Waals surface area contributed by atoms with Crippen molar-refractivity contribution in [3.05, 3.63) is 60.2 Å². The van der Waals surface area contributed by atoms with Gasteiger partial charge >= 0.3 is 5.97 Å². The van der Waals surface area contributed by atoms with Crippen LogP contribution in [0.25, 0.3) is 0 Å². The highest BCUT2D eigenvalue weighted by Crippen LogP contribution is 2.65. The lowest BCUT2D eigenvalue weighted by molar-refractivity contribution is -0.147. The van der Waals surface area contributed by atoms with Crippen molar-refractivity contribution in [2.75, 3.05) is 0 Å². The first kappa shape index (κ1) is 21.6. The lowest BCUT2D eigenvalue weighted by atomic mass is 10.1. The molecule has 0 aromatic heterocycles. The molecule has 0 saturated heterocycles. The van der Waals surface area contributed by atoms with Crippen molar-refractivity contribution in [3.8, 4) is 11.5 Å². The summed E-state index contributed by atoms with van der Waals surface area (Å²) in [5, 5.41) is 0. The molecule has 1 aliphatic carbocycles. The quantitative estimate of drug-likeness (QED) is 0.289. The summed E-state index contributed by atoms with van der Waals surface area (Å²) in [6.45, 7) is 3.93. The van der Waals surface area contributed by atoms with Gasteiger partial charge in [0.1, 0.15) is 18.1 Å². The fourth-order valence-corrected chi connectivity index (χ4v) is 4.85. The third-order valence-corrected chi connectivity index (χ3v) is 7.86. The third kappa shape index (κ3) is 4.89. The van der Waals surface area contributed by atoms with Gasteiger partial charge in [-0.25, -0.2) is 4.39 Å². The normalized spacial score (nSPS) is 23.4. The van der Waals surface area contributed by atoms with Gasteiger partial charge < -0.3 is 9.47 Å². The zero-order chi connectivity index (χ0) is 20.5. The lowest BCUT2D eigenvalue weighted by Gasteiger charge is -2.18. The van der Waals surface area contributed by atoms with Crippen LogP contribution in [0.2, 0.25) is 0 Å². The summed E-state index contributed by atoms with van der Waals surface area (Å²) in [4.78, 5) is 11.8. The van der Waals surface area contributed by atoms with E-state index >= 15 is 0 Å². The molecule has 2 unspecified atom stereocenters. The van der Waals surface area contributed by atoms with E-state index in [-0.39, 0.29) is 18.5 Å². The fraction of sp³-hybridized carbons (Fsp3) is 0.381. The molecule has 0 spiro atoms. The Kier molecular flexibility index (Phi) is 6.42. The molecule has 0 N–H and O–H groups in total. The number of benzene rings is 2. The summed E-state index contributed by atoms with van der Waals surface area (Å²) in [5.41, 5.74) is 0.411. The van der Waals surface area contributed by atoms with Crippen molar-refractivity contribution in [2.45, 2.75) is 29.3 Å². The third-order valence-electron chi connectivity index (χ3n) is 5.05. The first-order chi connectivity index (χ1) is 13.1. The summed E-state index contributed by atoms with van der Waals surface area (Å²) in [7, 11) is 0. The van der Waals surface area contributed by atoms with Gasteiger partial charge in [0.25, 0.3) is 0 Å². The first-order valence-electron chi connectivity index (χ1n) is 8.80. The molecule has 1 aliphatic rings. The molecule has 2 aromatic rings. The molecule has 2 aromatic carbocycles. The molecule has 0 aliphatic heterocycles. The minimum atomic E-state index is -2.12. The number of ether oxygens (including phenoxy) is 2. The molecular formula is C21H20Br2ClFO3. The molecule has 0 bridgehead atoms. The van der Waals surface area contributed by atoms with E-state index in [0.29, 0.717) is 5.75 Å². The van der Waals surface area contributed by atoms with E-state index in [9.17, 15) is 9.18 Å². The molecule has 7 heteroatoms. The number of para-hydroxylation sites is 1. The Morgan fingerprint density at radius 2 is 1.86 bits per heavy atom. The number of halogens is 4.